The van der Waals surface area contributed by atoms with Crippen LogP contribution in [0.2, 0.25) is 0 Å². The Labute approximate surface area is 185 Å². The zero-order valence-electron chi connectivity index (χ0n) is 17.8. The number of aromatic nitrogens is 2. The van der Waals surface area contributed by atoms with Crippen LogP contribution in [0.15, 0.2) is 77.7 Å². The maximum Gasteiger partial charge on any atom is 0.338 e. The van der Waals surface area contributed by atoms with Crippen LogP contribution in [0.25, 0.3) is 22.6 Å². The van der Waals surface area contributed by atoms with Gasteiger partial charge in [-0.05, 0) is 53.9 Å². The highest BCUT2D eigenvalue weighted by molar-refractivity contribution is 6.10. The van der Waals surface area contributed by atoms with Crippen molar-refractivity contribution >= 4 is 17.5 Å². The highest BCUT2D eigenvalue weighted by Crippen LogP contribution is 2.28. The van der Waals surface area contributed by atoms with Crippen molar-refractivity contribution in [1.29, 1.82) is 5.41 Å². The second-order valence-electron chi connectivity index (χ2n) is 7.16. The molecule has 0 saturated heterocycles. The molecule has 1 aromatic carbocycles. The fraction of sp³-hybridized carbons (Fsp3) is 0.120. The van der Waals surface area contributed by atoms with Gasteiger partial charge in [0.1, 0.15) is 11.5 Å². The lowest BCUT2D eigenvalue weighted by molar-refractivity contribution is 0.0600. The van der Waals surface area contributed by atoms with Gasteiger partial charge in [0, 0.05) is 24.7 Å². The van der Waals surface area contributed by atoms with Crippen molar-refractivity contribution in [3.63, 3.8) is 0 Å². The number of pyridine rings is 2. The lowest BCUT2D eigenvalue weighted by Crippen LogP contribution is -2.15. The molecule has 3 aromatic heterocycles. The van der Waals surface area contributed by atoms with Gasteiger partial charge in [-0.25, -0.2) is 9.78 Å². The minimum absolute atomic E-state index is 0.208. The van der Waals surface area contributed by atoms with Gasteiger partial charge in [-0.2, -0.15) is 0 Å². The number of nitrogens with zero attached hydrogens (tertiary/aromatic N) is 2. The Balaban J connectivity index is 1.65. The van der Waals surface area contributed by atoms with Gasteiger partial charge < -0.3 is 19.9 Å². The summed E-state index contributed by atoms with van der Waals surface area (Å²) in [4.78, 5) is 21.1. The van der Waals surface area contributed by atoms with E-state index in [1.807, 2.05) is 36.4 Å². The highest BCUT2D eigenvalue weighted by atomic mass is 16.5. The van der Waals surface area contributed by atoms with Crippen LogP contribution in [0.4, 0.5) is 5.82 Å². The summed E-state index contributed by atoms with van der Waals surface area (Å²) in [5.41, 5.74) is 4.57. The van der Waals surface area contributed by atoms with E-state index in [1.54, 1.807) is 43.8 Å². The summed E-state index contributed by atoms with van der Waals surface area (Å²) in [6.07, 6.45) is 5.08. The topological polar surface area (TPSA) is 101 Å². The van der Waals surface area contributed by atoms with Crippen LogP contribution in [0.1, 0.15) is 28.4 Å². The van der Waals surface area contributed by atoms with E-state index in [9.17, 15) is 4.79 Å². The Hall–Kier alpha value is -4.26. The van der Waals surface area contributed by atoms with E-state index in [0.29, 0.717) is 29.4 Å². The van der Waals surface area contributed by atoms with Crippen molar-refractivity contribution in [2.75, 3.05) is 12.4 Å². The van der Waals surface area contributed by atoms with E-state index in [4.69, 9.17) is 14.6 Å². The molecule has 0 saturated carbocycles. The Morgan fingerprint density at radius 1 is 1.09 bits per heavy atom. The predicted octanol–water partition coefficient (Wildman–Crippen LogP) is 5.19. The minimum atomic E-state index is -0.536. The van der Waals surface area contributed by atoms with Gasteiger partial charge in [-0.3, -0.25) is 4.98 Å². The number of rotatable bonds is 7. The number of esters is 1. The molecule has 0 bridgehead atoms. The lowest BCUT2D eigenvalue weighted by atomic mass is 10.0. The first-order valence-electron chi connectivity index (χ1n) is 10.0. The molecule has 0 unspecified atom stereocenters. The van der Waals surface area contributed by atoms with Gasteiger partial charge in [-0.15, -0.1) is 0 Å². The highest BCUT2D eigenvalue weighted by Gasteiger charge is 2.21. The molecule has 0 atom stereocenters. The smallest absolute Gasteiger partial charge is 0.338 e. The molecule has 4 aromatic rings. The van der Waals surface area contributed by atoms with Gasteiger partial charge in [0.25, 0.3) is 0 Å². The summed E-state index contributed by atoms with van der Waals surface area (Å²) >= 11 is 0. The number of carbonyl (C=O) groups excluding carboxylic acids is 1. The Bertz CT molecular complexity index is 1230. The zero-order valence-corrected chi connectivity index (χ0v) is 17.8. The van der Waals surface area contributed by atoms with Crippen LogP contribution < -0.4 is 5.32 Å². The Morgan fingerprint density at radius 2 is 1.81 bits per heavy atom. The molecule has 7 nitrogen and oxygen atoms in total. The zero-order chi connectivity index (χ0) is 22.5. The molecule has 0 amide bonds. The molecular formula is C25H22N4O3. The van der Waals surface area contributed by atoms with E-state index in [-0.39, 0.29) is 11.3 Å². The third kappa shape index (κ3) is 4.41. The molecule has 0 spiro atoms. The fourth-order valence-electron chi connectivity index (χ4n) is 3.42. The van der Waals surface area contributed by atoms with E-state index < -0.39 is 5.97 Å². The van der Waals surface area contributed by atoms with Crippen LogP contribution in [-0.2, 0) is 11.3 Å². The maximum absolute atomic E-state index is 12.4. The molecule has 160 valence electrons. The van der Waals surface area contributed by atoms with Crippen molar-refractivity contribution < 1.29 is 13.9 Å². The quantitative estimate of drug-likeness (QED) is 0.311. The SMILES string of the molecule is COC(=O)c1cc(-c2ccco2)nc(NCc2ccc(-c3ccncc3)cc2)c1C(C)=N. The number of hydrogen-bond acceptors (Lipinski definition) is 7. The fourth-order valence-corrected chi connectivity index (χ4v) is 3.42. The molecule has 0 fully saturated rings. The van der Waals surface area contributed by atoms with Crippen molar-refractivity contribution in [2.24, 2.45) is 0 Å². The van der Waals surface area contributed by atoms with Gasteiger partial charge in [0.15, 0.2) is 5.76 Å². The first kappa shape index (κ1) is 21.0. The minimum Gasteiger partial charge on any atom is -0.465 e. The van der Waals surface area contributed by atoms with Crippen molar-refractivity contribution in [3.8, 4) is 22.6 Å². The van der Waals surface area contributed by atoms with Crippen LogP contribution in [0.5, 0.6) is 0 Å². The number of benzene rings is 1. The standard InChI is InChI=1S/C25H22N4O3/c1-16(26)23-20(25(30)31-2)14-21(22-4-3-13-32-22)29-24(23)28-15-17-5-7-18(8-6-17)19-9-11-27-12-10-19/h3-14,26H,15H2,1-2H3,(H,28,29). The van der Waals surface area contributed by atoms with Crippen LogP contribution in [-0.4, -0.2) is 28.8 Å². The second-order valence-corrected chi connectivity index (χ2v) is 7.16. The summed E-state index contributed by atoms with van der Waals surface area (Å²) in [6.45, 7) is 2.08. The number of nitrogens with one attached hydrogen (secondary N) is 2. The number of ether oxygens (including phenoxy) is 1. The molecule has 0 aliphatic carbocycles. The Morgan fingerprint density at radius 3 is 2.44 bits per heavy atom. The van der Waals surface area contributed by atoms with E-state index in [2.05, 4.69) is 15.3 Å². The van der Waals surface area contributed by atoms with Crippen LogP contribution >= 0.6 is 0 Å². The number of methoxy groups -OCH3 is 1. The van der Waals surface area contributed by atoms with Gasteiger partial charge in [-0.1, -0.05) is 24.3 Å². The third-order valence-corrected chi connectivity index (χ3v) is 5.00. The number of carbonyl (C=O) groups is 1. The normalized spacial score (nSPS) is 10.6. The first-order valence-corrected chi connectivity index (χ1v) is 10.0. The Kier molecular flexibility index (Phi) is 6.07. The largest absolute Gasteiger partial charge is 0.465 e. The second kappa shape index (κ2) is 9.26. The summed E-state index contributed by atoms with van der Waals surface area (Å²) in [5.74, 6) is 0.408. The summed E-state index contributed by atoms with van der Waals surface area (Å²) in [5, 5.41) is 11.5. The van der Waals surface area contributed by atoms with Crippen LogP contribution in [0, 0.1) is 5.41 Å². The van der Waals surface area contributed by atoms with Gasteiger partial charge in [0.2, 0.25) is 0 Å². The molecule has 7 heteroatoms. The average molecular weight is 426 g/mol. The van der Waals surface area contributed by atoms with Crippen molar-refractivity contribution in [1.82, 2.24) is 9.97 Å². The lowest BCUT2D eigenvalue weighted by Gasteiger charge is -2.15. The summed E-state index contributed by atoms with van der Waals surface area (Å²) in [6, 6.07) is 17.2. The molecule has 0 aliphatic rings. The molecule has 3 heterocycles. The molecule has 0 radical (unpaired) electrons. The monoisotopic (exact) mass is 426 g/mol. The predicted molar refractivity (Wildman–Crippen MR) is 123 cm³/mol. The van der Waals surface area contributed by atoms with Crippen LogP contribution in [0.3, 0.4) is 0 Å². The van der Waals surface area contributed by atoms with Crippen molar-refractivity contribution in [3.05, 3.63) is 89.9 Å². The summed E-state index contributed by atoms with van der Waals surface area (Å²) in [7, 11) is 1.32. The summed E-state index contributed by atoms with van der Waals surface area (Å²) < 4.78 is 10.4. The number of hydrogen-bond donors (Lipinski definition) is 2. The third-order valence-electron chi connectivity index (χ3n) is 5.00. The van der Waals surface area contributed by atoms with E-state index >= 15 is 0 Å². The van der Waals surface area contributed by atoms with E-state index in [1.165, 1.54) is 7.11 Å². The molecule has 4 rings (SSSR count). The van der Waals surface area contributed by atoms with Gasteiger partial charge >= 0.3 is 5.97 Å². The number of anilines is 1. The molecule has 2 N–H and O–H groups in total. The maximum atomic E-state index is 12.4. The number of furan rings is 1. The van der Waals surface area contributed by atoms with Crippen molar-refractivity contribution in [2.45, 2.75) is 13.5 Å². The van der Waals surface area contributed by atoms with Gasteiger partial charge in [0.05, 0.1) is 24.5 Å². The first-order chi connectivity index (χ1) is 15.6. The average Bonchev–Trinajstić information content (AvgIpc) is 3.37. The molecule has 0 aliphatic heterocycles. The molecule has 32 heavy (non-hydrogen) atoms. The van der Waals surface area contributed by atoms with E-state index in [0.717, 1.165) is 16.7 Å². The molecular weight excluding hydrogens is 404 g/mol.